The van der Waals surface area contributed by atoms with E-state index in [1.807, 2.05) is 6.07 Å². The van der Waals surface area contributed by atoms with Crippen LogP contribution in [0.4, 0.5) is 5.69 Å². The highest BCUT2D eigenvalue weighted by atomic mass is 15.3. The lowest BCUT2D eigenvalue weighted by Crippen LogP contribution is -2.41. The van der Waals surface area contributed by atoms with Crippen LogP contribution >= 0.6 is 0 Å². The average Bonchev–Trinajstić information content (AvgIpc) is 2.04. The first kappa shape index (κ1) is 10.0. The van der Waals surface area contributed by atoms with Crippen molar-refractivity contribution in [2.24, 2.45) is 0 Å². The molecular formula is C12H18N+. The van der Waals surface area contributed by atoms with Crippen LogP contribution in [0.25, 0.3) is 0 Å². The van der Waals surface area contributed by atoms with Crippen molar-refractivity contribution in [3.05, 3.63) is 42.5 Å². The van der Waals surface area contributed by atoms with Gasteiger partial charge in [0.1, 0.15) is 12.2 Å². The van der Waals surface area contributed by atoms with Crippen molar-refractivity contribution in [2.75, 3.05) is 20.6 Å². The molecule has 0 spiro atoms. The monoisotopic (exact) mass is 176 g/mol. The fourth-order valence-electron chi connectivity index (χ4n) is 1.60. The summed E-state index contributed by atoms with van der Waals surface area (Å²) in [5.74, 6) is 0. The molecule has 0 radical (unpaired) electrons. The Hall–Kier alpha value is -1.08. The van der Waals surface area contributed by atoms with Gasteiger partial charge in [-0.25, -0.2) is 0 Å². The number of hydrogen-bond acceptors (Lipinski definition) is 0. The van der Waals surface area contributed by atoms with Crippen molar-refractivity contribution in [3.63, 3.8) is 0 Å². The van der Waals surface area contributed by atoms with Crippen LogP contribution in [0.5, 0.6) is 0 Å². The van der Waals surface area contributed by atoms with Crippen molar-refractivity contribution < 1.29 is 0 Å². The van der Waals surface area contributed by atoms with Gasteiger partial charge in [-0.2, -0.15) is 0 Å². The molecule has 0 aromatic heterocycles. The topological polar surface area (TPSA) is 0 Å². The predicted octanol–water partition coefficient (Wildman–Crippen LogP) is 2.83. The average molecular weight is 176 g/mol. The number of benzene rings is 1. The van der Waals surface area contributed by atoms with E-state index in [9.17, 15) is 0 Å². The zero-order valence-corrected chi connectivity index (χ0v) is 8.75. The number of quaternary nitrogens is 1. The molecule has 0 fully saturated rings. The van der Waals surface area contributed by atoms with Gasteiger partial charge in [0.2, 0.25) is 0 Å². The minimum absolute atomic E-state index is 0.871. The lowest BCUT2D eigenvalue weighted by atomic mass is 10.2. The van der Waals surface area contributed by atoms with Crippen LogP contribution in [0.1, 0.15) is 6.92 Å². The van der Waals surface area contributed by atoms with E-state index in [2.05, 4.69) is 51.9 Å². The summed E-state index contributed by atoms with van der Waals surface area (Å²) in [5, 5.41) is 0. The van der Waals surface area contributed by atoms with Gasteiger partial charge in [0.05, 0.1) is 14.1 Å². The number of rotatable bonds is 3. The van der Waals surface area contributed by atoms with Gasteiger partial charge in [0.15, 0.2) is 0 Å². The largest absolute Gasteiger partial charge is 0.293 e. The molecule has 0 heterocycles. The van der Waals surface area contributed by atoms with E-state index in [0.29, 0.717) is 0 Å². The third-order valence-electron chi connectivity index (χ3n) is 2.12. The Morgan fingerprint density at radius 2 is 1.77 bits per heavy atom. The van der Waals surface area contributed by atoms with Gasteiger partial charge in [-0.15, -0.1) is 0 Å². The molecule has 70 valence electrons. The molecule has 13 heavy (non-hydrogen) atoms. The molecule has 1 nitrogen and oxygen atoms in total. The summed E-state index contributed by atoms with van der Waals surface area (Å²) in [6.07, 6.45) is 0. The summed E-state index contributed by atoms with van der Waals surface area (Å²) in [4.78, 5) is 0. The van der Waals surface area contributed by atoms with Gasteiger partial charge in [-0.1, -0.05) is 24.8 Å². The normalized spacial score (nSPS) is 11.3. The van der Waals surface area contributed by atoms with Gasteiger partial charge in [-0.3, -0.25) is 4.48 Å². The maximum atomic E-state index is 3.95. The SMILES string of the molecule is C=C(C)C[N+](C)(C)c1ccccc1. The van der Waals surface area contributed by atoms with Crippen molar-refractivity contribution in [1.82, 2.24) is 4.48 Å². The van der Waals surface area contributed by atoms with Crippen LogP contribution in [0.3, 0.4) is 0 Å². The second-order valence-corrected chi connectivity index (χ2v) is 4.14. The minimum Gasteiger partial charge on any atom is -0.293 e. The summed E-state index contributed by atoms with van der Waals surface area (Å²) in [5.41, 5.74) is 2.54. The molecule has 0 aliphatic heterocycles. The van der Waals surface area contributed by atoms with Crippen molar-refractivity contribution in [3.8, 4) is 0 Å². The Labute approximate surface area is 80.9 Å². The third kappa shape index (κ3) is 2.71. The number of nitrogens with zero attached hydrogens (tertiary/aromatic N) is 1. The van der Waals surface area contributed by atoms with Crippen molar-refractivity contribution in [1.29, 1.82) is 0 Å². The summed E-state index contributed by atoms with van der Waals surface area (Å²) in [7, 11) is 4.40. The van der Waals surface area contributed by atoms with E-state index >= 15 is 0 Å². The minimum atomic E-state index is 0.871. The summed E-state index contributed by atoms with van der Waals surface area (Å²) < 4.78 is 0.871. The fourth-order valence-corrected chi connectivity index (χ4v) is 1.60. The second-order valence-electron chi connectivity index (χ2n) is 4.14. The maximum Gasteiger partial charge on any atom is 0.132 e. The highest BCUT2D eigenvalue weighted by Crippen LogP contribution is 2.18. The maximum absolute atomic E-state index is 3.95. The molecule has 0 saturated heterocycles. The van der Waals surface area contributed by atoms with Crippen LogP contribution < -0.4 is 4.48 Å². The van der Waals surface area contributed by atoms with E-state index in [1.54, 1.807) is 0 Å². The van der Waals surface area contributed by atoms with Crippen LogP contribution in [0.15, 0.2) is 42.5 Å². The van der Waals surface area contributed by atoms with Gasteiger partial charge >= 0.3 is 0 Å². The van der Waals surface area contributed by atoms with Gasteiger partial charge in [0.25, 0.3) is 0 Å². The van der Waals surface area contributed by atoms with E-state index in [4.69, 9.17) is 0 Å². The molecule has 0 unspecified atom stereocenters. The second kappa shape index (κ2) is 3.75. The number of likely N-dealkylation sites (N-methyl/N-ethyl adjacent to an activating group) is 1. The Morgan fingerprint density at radius 1 is 1.23 bits per heavy atom. The summed E-state index contributed by atoms with van der Waals surface area (Å²) in [6.45, 7) is 7.01. The Morgan fingerprint density at radius 3 is 2.23 bits per heavy atom. The van der Waals surface area contributed by atoms with Crippen LogP contribution in [0.2, 0.25) is 0 Å². The molecule has 0 aliphatic carbocycles. The molecule has 0 aliphatic rings. The van der Waals surface area contributed by atoms with Crippen LogP contribution in [-0.4, -0.2) is 20.6 Å². The Bertz CT molecular complexity index is 285. The first-order valence-corrected chi connectivity index (χ1v) is 4.55. The van der Waals surface area contributed by atoms with E-state index in [-0.39, 0.29) is 0 Å². The van der Waals surface area contributed by atoms with Gasteiger partial charge in [-0.05, 0) is 24.6 Å². The summed E-state index contributed by atoms with van der Waals surface area (Å²) in [6, 6.07) is 10.5. The lowest BCUT2D eigenvalue weighted by molar-refractivity contribution is 0.432. The zero-order chi connectivity index (χ0) is 9.90. The van der Waals surface area contributed by atoms with Crippen molar-refractivity contribution in [2.45, 2.75) is 6.92 Å². The molecular weight excluding hydrogens is 158 g/mol. The van der Waals surface area contributed by atoms with Gasteiger partial charge < -0.3 is 0 Å². The third-order valence-corrected chi connectivity index (χ3v) is 2.12. The number of hydrogen-bond donors (Lipinski definition) is 0. The smallest absolute Gasteiger partial charge is 0.132 e. The molecule has 0 saturated carbocycles. The highest BCUT2D eigenvalue weighted by Gasteiger charge is 2.17. The first-order chi connectivity index (χ1) is 6.02. The van der Waals surface area contributed by atoms with Crippen molar-refractivity contribution >= 4 is 5.69 Å². The first-order valence-electron chi connectivity index (χ1n) is 4.55. The molecule has 0 atom stereocenters. The molecule has 1 aromatic carbocycles. The van der Waals surface area contributed by atoms with E-state index in [1.165, 1.54) is 11.3 Å². The van der Waals surface area contributed by atoms with E-state index < -0.39 is 0 Å². The van der Waals surface area contributed by atoms with E-state index in [0.717, 1.165) is 11.0 Å². The summed E-state index contributed by atoms with van der Waals surface area (Å²) >= 11 is 0. The molecule has 0 N–H and O–H groups in total. The molecule has 0 amide bonds. The predicted molar refractivity (Wildman–Crippen MR) is 59.8 cm³/mol. The Balaban J connectivity index is 2.87. The Kier molecular flexibility index (Phi) is 2.89. The lowest BCUT2D eigenvalue weighted by Gasteiger charge is -2.29. The molecule has 1 heteroatoms. The molecule has 0 bridgehead atoms. The quantitative estimate of drug-likeness (QED) is 0.491. The zero-order valence-electron chi connectivity index (χ0n) is 8.75. The van der Waals surface area contributed by atoms with Gasteiger partial charge in [0, 0.05) is 0 Å². The molecule has 1 rings (SSSR count). The van der Waals surface area contributed by atoms with Crippen LogP contribution in [-0.2, 0) is 0 Å². The molecule has 1 aromatic rings. The highest BCUT2D eigenvalue weighted by molar-refractivity contribution is 5.41. The standard InChI is InChI=1S/C12H18N/c1-11(2)10-13(3,4)12-8-6-5-7-9-12/h5-9H,1,10H2,2-4H3/q+1. The fraction of sp³-hybridized carbons (Fsp3) is 0.333. The number of para-hydroxylation sites is 1. The van der Waals surface area contributed by atoms with Crippen LogP contribution in [0, 0.1) is 0 Å².